The minimum atomic E-state index is 0.597. The second kappa shape index (κ2) is 12.3. The number of benzene rings is 4. The van der Waals surface area contributed by atoms with Crippen LogP contribution in [0.3, 0.4) is 0 Å². The van der Waals surface area contributed by atoms with Crippen LogP contribution in [0.2, 0.25) is 0 Å². The molecule has 4 aromatic carbocycles. The number of halogens is 1. The summed E-state index contributed by atoms with van der Waals surface area (Å²) in [5.74, 6) is 0.600. The highest BCUT2D eigenvalue weighted by molar-refractivity contribution is 9.10. The predicted octanol–water partition coefficient (Wildman–Crippen LogP) is 9.92. The molecule has 0 N–H and O–H groups in total. The fraction of sp³-hybridized carbons (Fsp3) is 0.0278. The predicted molar refractivity (Wildman–Crippen MR) is 169 cm³/mol. The molecule has 192 valence electrons. The zero-order valence-electron chi connectivity index (χ0n) is 22.1. The maximum Gasteiger partial charge on any atom is 0.160 e. The molecular formula is C36H26BrN3. The summed E-state index contributed by atoms with van der Waals surface area (Å²) in [4.78, 5) is 9.94. The van der Waals surface area contributed by atoms with E-state index in [2.05, 4.69) is 89.3 Å². The maximum atomic E-state index is 9.26. The Morgan fingerprint density at radius 3 is 2.02 bits per heavy atom. The lowest BCUT2D eigenvalue weighted by atomic mass is 9.99. The topological polar surface area (TPSA) is 49.6 Å². The summed E-state index contributed by atoms with van der Waals surface area (Å²) in [6.07, 6.45) is 7.82. The molecule has 0 aliphatic carbocycles. The third kappa shape index (κ3) is 6.07. The Kier molecular flexibility index (Phi) is 8.25. The number of hydrogen-bond acceptors (Lipinski definition) is 3. The highest BCUT2D eigenvalue weighted by atomic mass is 79.9. The van der Waals surface area contributed by atoms with E-state index in [-0.39, 0.29) is 0 Å². The minimum Gasteiger partial charge on any atom is -0.228 e. The molecule has 0 unspecified atom stereocenters. The molecule has 0 bridgehead atoms. The van der Waals surface area contributed by atoms with E-state index in [1.54, 1.807) is 18.2 Å². The van der Waals surface area contributed by atoms with E-state index in [4.69, 9.17) is 9.97 Å². The third-order valence-corrected chi connectivity index (χ3v) is 6.99. The van der Waals surface area contributed by atoms with Crippen LogP contribution in [0.5, 0.6) is 0 Å². The Balaban J connectivity index is 1.64. The molecule has 0 aliphatic heterocycles. The molecule has 40 heavy (non-hydrogen) atoms. The van der Waals surface area contributed by atoms with E-state index in [0.29, 0.717) is 11.4 Å². The van der Waals surface area contributed by atoms with Crippen molar-refractivity contribution in [3.05, 3.63) is 150 Å². The number of rotatable bonds is 7. The summed E-state index contributed by atoms with van der Waals surface area (Å²) >= 11 is 3.70. The van der Waals surface area contributed by atoms with Crippen molar-refractivity contribution in [3.8, 4) is 51.1 Å². The Morgan fingerprint density at radius 1 is 0.750 bits per heavy atom. The van der Waals surface area contributed by atoms with Gasteiger partial charge in [-0.1, -0.05) is 101 Å². The van der Waals surface area contributed by atoms with Crippen molar-refractivity contribution in [1.82, 2.24) is 9.97 Å². The fourth-order valence-corrected chi connectivity index (χ4v) is 4.96. The van der Waals surface area contributed by atoms with Gasteiger partial charge in [0.1, 0.15) is 0 Å². The molecule has 0 saturated heterocycles. The quantitative estimate of drug-likeness (QED) is 0.180. The summed E-state index contributed by atoms with van der Waals surface area (Å²) in [7, 11) is 0. The Bertz CT molecular complexity index is 1760. The first-order chi connectivity index (χ1) is 19.6. The second-order valence-corrected chi connectivity index (χ2v) is 10.1. The molecule has 5 rings (SSSR count). The van der Waals surface area contributed by atoms with Crippen LogP contribution < -0.4 is 0 Å². The maximum absolute atomic E-state index is 9.26. The molecule has 5 aromatic rings. The molecule has 1 aromatic heterocycles. The van der Waals surface area contributed by atoms with Gasteiger partial charge in [0.2, 0.25) is 0 Å². The SMILES string of the molecule is C=C/C=C\C(=C/C)c1cc(Br)cc(-c2cc(-c3ccc(-c4ccccc4)cc3)nc(-c3ccc(C#N)cc3)n2)c1. The Hall–Kier alpha value is -4.85. The van der Waals surface area contributed by atoms with Crippen LogP contribution >= 0.6 is 15.9 Å². The van der Waals surface area contributed by atoms with E-state index in [0.717, 1.165) is 49.3 Å². The van der Waals surface area contributed by atoms with Crippen molar-refractivity contribution >= 4 is 21.5 Å². The minimum absolute atomic E-state index is 0.597. The molecule has 0 spiro atoms. The van der Waals surface area contributed by atoms with Crippen LogP contribution in [0.4, 0.5) is 0 Å². The van der Waals surface area contributed by atoms with Gasteiger partial charge in [0.25, 0.3) is 0 Å². The van der Waals surface area contributed by atoms with E-state index in [9.17, 15) is 5.26 Å². The van der Waals surface area contributed by atoms with Crippen LogP contribution in [0.15, 0.2) is 138 Å². The fourth-order valence-electron chi connectivity index (χ4n) is 4.46. The van der Waals surface area contributed by atoms with Gasteiger partial charge in [-0.05, 0) is 77.7 Å². The Morgan fingerprint density at radius 2 is 1.38 bits per heavy atom. The first kappa shape index (κ1) is 26.7. The van der Waals surface area contributed by atoms with Crippen LogP contribution in [-0.2, 0) is 0 Å². The molecule has 1 heterocycles. The lowest BCUT2D eigenvalue weighted by molar-refractivity contribution is 1.18. The van der Waals surface area contributed by atoms with Crippen LogP contribution in [-0.4, -0.2) is 9.97 Å². The first-order valence-electron chi connectivity index (χ1n) is 12.9. The van der Waals surface area contributed by atoms with Crippen LogP contribution in [0.25, 0.3) is 50.6 Å². The van der Waals surface area contributed by atoms with E-state index in [1.165, 1.54) is 5.56 Å². The lowest BCUT2D eigenvalue weighted by Crippen LogP contribution is -1.97. The summed E-state index contributed by atoms with van der Waals surface area (Å²) in [5, 5.41) is 9.26. The van der Waals surface area contributed by atoms with Crippen molar-refractivity contribution in [1.29, 1.82) is 5.26 Å². The standard InChI is InChI=1S/C36H26BrN3/c1-3-5-9-26(4-2)31-20-32(22-33(37)21-31)35-23-34(39-36(40-35)30-14-12-25(24-38)13-15-30)29-18-16-28(17-19-29)27-10-7-6-8-11-27/h3-23H,1H2,2H3/b9-5-,26-4+. The second-order valence-electron chi connectivity index (χ2n) is 9.16. The molecule has 0 fully saturated rings. The zero-order valence-corrected chi connectivity index (χ0v) is 23.6. The average molecular weight is 581 g/mol. The summed E-state index contributed by atoms with van der Waals surface area (Å²) in [6.45, 7) is 5.82. The number of nitriles is 1. The van der Waals surface area contributed by atoms with Gasteiger partial charge in [-0.3, -0.25) is 0 Å². The largest absolute Gasteiger partial charge is 0.228 e. The summed E-state index contributed by atoms with van der Waals surface area (Å²) in [6, 6.07) is 36.6. The van der Waals surface area contributed by atoms with Crippen LogP contribution in [0, 0.1) is 11.3 Å². The molecule has 0 radical (unpaired) electrons. The van der Waals surface area contributed by atoms with Crippen LogP contribution in [0.1, 0.15) is 18.1 Å². The van der Waals surface area contributed by atoms with Gasteiger partial charge in [-0.15, -0.1) is 0 Å². The molecule has 0 atom stereocenters. The number of aromatic nitrogens is 2. The van der Waals surface area contributed by atoms with E-state index < -0.39 is 0 Å². The molecular weight excluding hydrogens is 554 g/mol. The number of nitrogens with zero attached hydrogens (tertiary/aromatic N) is 3. The smallest absolute Gasteiger partial charge is 0.160 e. The molecule has 4 heteroatoms. The Labute approximate surface area is 243 Å². The third-order valence-electron chi connectivity index (χ3n) is 6.54. The van der Waals surface area contributed by atoms with Gasteiger partial charge in [0, 0.05) is 21.2 Å². The monoisotopic (exact) mass is 579 g/mol. The van der Waals surface area contributed by atoms with Crippen molar-refractivity contribution in [2.45, 2.75) is 6.92 Å². The zero-order chi connectivity index (χ0) is 27.9. The highest BCUT2D eigenvalue weighted by Crippen LogP contribution is 2.32. The molecule has 0 aliphatic rings. The van der Waals surface area contributed by atoms with Gasteiger partial charge in [-0.25, -0.2) is 9.97 Å². The van der Waals surface area contributed by atoms with E-state index >= 15 is 0 Å². The summed E-state index contributed by atoms with van der Waals surface area (Å²) < 4.78 is 0.957. The molecule has 0 amide bonds. The average Bonchev–Trinajstić information content (AvgIpc) is 3.01. The first-order valence-corrected chi connectivity index (χ1v) is 13.7. The number of hydrogen-bond donors (Lipinski definition) is 0. The van der Waals surface area contributed by atoms with Crippen molar-refractivity contribution < 1.29 is 0 Å². The summed E-state index contributed by atoms with van der Waals surface area (Å²) in [5.41, 5.74) is 9.51. The lowest BCUT2D eigenvalue weighted by Gasteiger charge is -2.12. The number of allylic oxidation sites excluding steroid dienone is 5. The molecule has 3 nitrogen and oxygen atoms in total. The van der Waals surface area contributed by atoms with Gasteiger partial charge in [0.05, 0.1) is 23.0 Å². The van der Waals surface area contributed by atoms with E-state index in [1.807, 2.05) is 55.5 Å². The van der Waals surface area contributed by atoms with Gasteiger partial charge < -0.3 is 0 Å². The van der Waals surface area contributed by atoms with Crippen molar-refractivity contribution in [2.24, 2.45) is 0 Å². The molecule has 0 saturated carbocycles. The van der Waals surface area contributed by atoms with Gasteiger partial charge >= 0.3 is 0 Å². The van der Waals surface area contributed by atoms with Gasteiger partial charge in [0.15, 0.2) is 5.82 Å². The highest BCUT2D eigenvalue weighted by Gasteiger charge is 2.13. The van der Waals surface area contributed by atoms with Crippen molar-refractivity contribution in [2.75, 3.05) is 0 Å². The normalized spacial score (nSPS) is 11.4. The van der Waals surface area contributed by atoms with Crippen molar-refractivity contribution in [3.63, 3.8) is 0 Å². The van der Waals surface area contributed by atoms with Gasteiger partial charge in [-0.2, -0.15) is 5.26 Å².